The number of amidine groups is 1. The van der Waals surface area contributed by atoms with Gasteiger partial charge in [0.15, 0.2) is 16.7 Å². The normalized spacial score (nSPS) is 19.3. The van der Waals surface area contributed by atoms with Crippen LogP contribution in [0.3, 0.4) is 0 Å². The Hall–Kier alpha value is -2.71. The summed E-state index contributed by atoms with van der Waals surface area (Å²) in [4.78, 5) is 31.6. The Balaban J connectivity index is 1.63. The minimum absolute atomic E-state index is 0.112. The second-order valence-electron chi connectivity index (χ2n) is 6.74. The minimum Gasteiger partial charge on any atom is -0.454 e. The Labute approximate surface area is 183 Å². The van der Waals surface area contributed by atoms with Gasteiger partial charge in [0.05, 0.1) is 17.5 Å². The number of amides is 2. The summed E-state index contributed by atoms with van der Waals surface area (Å²) in [7, 11) is 0. The Kier molecular flexibility index (Phi) is 6.15. The molecule has 0 aromatic heterocycles. The predicted molar refractivity (Wildman–Crippen MR) is 116 cm³/mol. The van der Waals surface area contributed by atoms with Crippen molar-refractivity contribution in [2.45, 2.75) is 25.1 Å². The fourth-order valence-electron chi connectivity index (χ4n) is 3.13. The topological polar surface area (TPSA) is 80.2 Å². The number of thioether (sulfide) groups is 1. The Morgan fingerprint density at radius 2 is 2.00 bits per heavy atom. The van der Waals surface area contributed by atoms with Crippen molar-refractivity contribution in [1.29, 1.82) is 0 Å². The molecule has 2 amide bonds. The zero-order chi connectivity index (χ0) is 21.1. The number of halogens is 1. The molecule has 0 bridgehead atoms. The van der Waals surface area contributed by atoms with Crippen molar-refractivity contribution in [2.24, 2.45) is 4.99 Å². The maximum Gasteiger partial charge on any atom is 0.234 e. The van der Waals surface area contributed by atoms with E-state index in [1.54, 1.807) is 29.2 Å². The van der Waals surface area contributed by atoms with E-state index in [2.05, 4.69) is 10.3 Å². The summed E-state index contributed by atoms with van der Waals surface area (Å²) in [6, 6.07) is 12.6. The molecule has 1 fully saturated rings. The number of nitrogens with one attached hydrogen (secondary N) is 1. The largest absolute Gasteiger partial charge is 0.454 e. The van der Waals surface area contributed by atoms with Gasteiger partial charge in [0.1, 0.15) is 0 Å². The Morgan fingerprint density at radius 3 is 2.77 bits per heavy atom. The lowest BCUT2D eigenvalue weighted by atomic mass is 10.1. The lowest BCUT2D eigenvalue weighted by Gasteiger charge is -2.31. The van der Waals surface area contributed by atoms with Gasteiger partial charge in [-0.1, -0.05) is 29.4 Å². The zero-order valence-electron chi connectivity index (χ0n) is 16.3. The molecule has 1 atom stereocenters. The van der Waals surface area contributed by atoms with E-state index in [0.717, 1.165) is 5.56 Å². The molecule has 2 aliphatic rings. The van der Waals surface area contributed by atoms with Crippen LogP contribution in [0.25, 0.3) is 0 Å². The van der Waals surface area contributed by atoms with Crippen molar-refractivity contribution in [1.82, 2.24) is 10.2 Å². The monoisotopic (exact) mass is 445 g/mol. The predicted octanol–water partition coefficient (Wildman–Crippen LogP) is 3.73. The summed E-state index contributed by atoms with van der Waals surface area (Å²) in [5, 5.41) is 3.35. The molecule has 1 unspecified atom stereocenters. The third-order valence-corrected chi connectivity index (χ3v) is 6.05. The van der Waals surface area contributed by atoms with Gasteiger partial charge in [-0.25, -0.2) is 4.99 Å². The quantitative estimate of drug-likeness (QED) is 0.758. The average molecular weight is 446 g/mol. The number of aliphatic imine (C=N–C) groups is 1. The Bertz CT molecular complexity index is 996. The first-order valence-electron chi connectivity index (χ1n) is 9.51. The molecule has 0 radical (unpaired) electrons. The van der Waals surface area contributed by atoms with Crippen LogP contribution in [0.2, 0.25) is 5.02 Å². The van der Waals surface area contributed by atoms with Crippen LogP contribution in [-0.2, 0) is 16.1 Å². The number of hydrogen-bond acceptors (Lipinski definition) is 6. The number of carbonyl (C=O) groups is 2. The molecule has 0 saturated carbocycles. The first kappa shape index (κ1) is 20.6. The van der Waals surface area contributed by atoms with Gasteiger partial charge in [-0.05, 0) is 48.9 Å². The summed E-state index contributed by atoms with van der Waals surface area (Å²) >= 11 is 7.26. The van der Waals surface area contributed by atoms with Crippen LogP contribution in [-0.4, -0.2) is 40.5 Å². The summed E-state index contributed by atoms with van der Waals surface area (Å²) in [6.07, 6.45) is 0.112. The van der Waals surface area contributed by atoms with Crippen LogP contribution in [0.5, 0.6) is 11.5 Å². The summed E-state index contributed by atoms with van der Waals surface area (Å²) < 4.78 is 10.8. The lowest BCUT2D eigenvalue weighted by molar-refractivity contribution is -0.130. The highest BCUT2D eigenvalue weighted by molar-refractivity contribution is 8.15. The average Bonchev–Trinajstić information content (AvgIpc) is 3.20. The van der Waals surface area contributed by atoms with Crippen LogP contribution >= 0.6 is 23.4 Å². The molecular weight excluding hydrogens is 426 g/mol. The number of carbonyl (C=O) groups excluding carboxylic acids is 2. The Morgan fingerprint density at radius 1 is 1.23 bits per heavy atom. The van der Waals surface area contributed by atoms with Gasteiger partial charge in [-0.15, -0.1) is 0 Å². The van der Waals surface area contributed by atoms with E-state index in [-0.39, 0.29) is 25.0 Å². The van der Waals surface area contributed by atoms with Gasteiger partial charge in [0.25, 0.3) is 0 Å². The van der Waals surface area contributed by atoms with E-state index in [4.69, 9.17) is 21.1 Å². The van der Waals surface area contributed by atoms with E-state index in [1.807, 2.05) is 25.1 Å². The second-order valence-corrected chi connectivity index (χ2v) is 8.35. The molecule has 4 rings (SSSR count). The van der Waals surface area contributed by atoms with Gasteiger partial charge >= 0.3 is 0 Å². The van der Waals surface area contributed by atoms with E-state index < -0.39 is 5.25 Å². The first-order valence-corrected chi connectivity index (χ1v) is 10.8. The maximum atomic E-state index is 13.0. The van der Waals surface area contributed by atoms with E-state index in [0.29, 0.717) is 40.5 Å². The third kappa shape index (κ3) is 4.55. The molecule has 30 heavy (non-hydrogen) atoms. The SMILES string of the molecule is CCNC(=O)C1CC(=O)N(Cc2ccc3c(c2)OCO3)C(=Nc2ccc(Cl)cc2)S1. The smallest absolute Gasteiger partial charge is 0.234 e. The van der Waals surface area contributed by atoms with Crippen molar-refractivity contribution in [2.75, 3.05) is 13.3 Å². The van der Waals surface area contributed by atoms with Crippen molar-refractivity contribution in [3.05, 3.63) is 53.1 Å². The zero-order valence-corrected chi connectivity index (χ0v) is 17.8. The molecule has 1 N–H and O–H groups in total. The fourth-order valence-corrected chi connectivity index (χ4v) is 4.38. The lowest BCUT2D eigenvalue weighted by Crippen LogP contribution is -2.46. The number of hydrogen-bond donors (Lipinski definition) is 1. The van der Waals surface area contributed by atoms with Crippen molar-refractivity contribution in [3.8, 4) is 11.5 Å². The van der Waals surface area contributed by atoms with E-state index in [9.17, 15) is 9.59 Å². The maximum absolute atomic E-state index is 13.0. The van der Waals surface area contributed by atoms with Crippen LogP contribution in [0, 0.1) is 0 Å². The molecule has 7 nitrogen and oxygen atoms in total. The van der Waals surface area contributed by atoms with Crippen LogP contribution in [0.15, 0.2) is 47.5 Å². The summed E-state index contributed by atoms with van der Waals surface area (Å²) in [5.74, 6) is 1.02. The van der Waals surface area contributed by atoms with Gasteiger partial charge in [0.2, 0.25) is 18.6 Å². The third-order valence-electron chi connectivity index (χ3n) is 4.61. The standard InChI is InChI=1S/C21H20ClN3O4S/c1-2-23-20(27)18-10-19(26)25(11-13-3-8-16-17(9-13)29-12-28-16)21(30-18)24-15-6-4-14(22)5-7-15/h3-9,18H,2,10-12H2,1H3,(H,23,27). The molecule has 2 aromatic rings. The van der Waals surface area contributed by atoms with Crippen molar-refractivity contribution >= 4 is 46.0 Å². The highest BCUT2D eigenvalue weighted by atomic mass is 35.5. The molecule has 9 heteroatoms. The van der Waals surface area contributed by atoms with E-state index >= 15 is 0 Å². The molecule has 156 valence electrons. The van der Waals surface area contributed by atoms with Crippen molar-refractivity contribution < 1.29 is 19.1 Å². The van der Waals surface area contributed by atoms with Gasteiger partial charge in [-0.2, -0.15) is 0 Å². The highest BCUT2D eigenvalue weighted by Crippen LogP contribution is 2.35. The summed E-state index contributed by atoms with van der Waals surface area (Å²) in [6.45, 7) is 2.86. The number of fused-ring (bicyclic) bond motifs is 1. The molecule has 2 heterocycles. The number of rotatable bonds is 5. The number of benzene rings is 2. The highest BCUT2D eigenvalue weighted by Gasteiger charge is 2.36. The molecule has 2 aliphatic heterocycles. The summed E-state index contributed by atoms with van der Waals surface area (Å²) in [5.41, 5.74) is 1.54. The number of ether oxygens (including phenoxy) is 2. The van der Waals surface area contributed by atoms with Crippen LogP contribution in [0.1, 0.15) is 18.9 Å². The van der Waals surface area contributed by atoms with Gasteiger partial charge in [0, 0.05) is 18.0 Å². The van der Waals surface area contributed by atoms with Gasteiger partial charge in [-0.3, -0.25) is 14.5 Å². The van der Waals surface area contributed by atoms with Gasteiger partial charge < -0.3 is 14.8 Å². The molecule has 2 aromatic carbocycles. The minimum atomic E-state index is -0.517. The molecular formula is C21H20ClN3O4S. The van der Waals surface area contributed by atoms with Crippen LogP contribution < -0.4 is 14.8 Å². The molecule has 0 spiro atoms. The first-order chi connectivity index (χ1) is 14.5. The fraction of sp³-hybridized carbons (Fsp3) is 0.286. The van der Waals surface area contributed by atoms with Crippen molar-refractivity contribution in [3.63, 3.8) is 0 Å². The molecule has 0 aliphatic carbocycles. The van der Waals surface area contributed by atoms with E-state index in [1.165, 1.54) is 11.8 Å². The van der Waals surface area contributed by atoms with Crippen LogP contribution in [0.4, 0.5) is 5.69 Å². The molecule has 1 saturated heterocycles. The second kappa shape index (κ2) is 8.97. The number of nitrogens with zero attached hydrogens (tertiary/aromatic N) is 2.